The monoisotopic (exact) mass is 461 g/mol. The van der Waals surface area contributed by atoms with E-state index in [1.165, 1.54) is 33.8 Å². The van der Waals surface area contributed by atoms with E-state index in [4.69, 9.17) is 0 Å². The zero-order chi connectivity index (χ0) is 22.2. The Balaban J connectivity index is 1.30. The third kappa shape index (κ3) is 5.90. The zero-order valence-corrected chi connectivity index (χ0v) is 19.0. The number of hydrogen-bond donors (Lipinski definition) is 2. The van der Waals surface area contributed by atoms with E-state index in [-0.39, 0.29) is 24.2 Å². The highest BCUT2D eigenvalue weighted by atomic mass is 32.1. The summed E-state index contributed by atoms with van der Waals surface area (Å²) in [5, 5.41) is 9.95. The molecule has 32 heavy (non-hydrogen) atoms. The van der Waals surface area contributed by atoms with E-state index in [0.717, 1.165) is 6.42 Å². The van der Waals surface area contributed by atoms with Crippen molar-refractivity contribution in [2.24, 2.45) is 0 Å². The maximum absolute atomic E-state index is 12.5. The van der Waals surface area contributed by atoms with Gasteiger partial charge in [-0.25, -0.2) is 4.98 Å². The molecular formula is C25H23N3O2S2. The molecule has 2 aromatic carbocycles. The summed E-state index contributed by atoms with van der Waals surface area (Å²) in [5.41, 5.74) is 3.12. The van der Waals surface area contributed by atoms with Crippen LogP contribution in [0.5, 0.6) is 0 Å². The van der Waals surface area contributed by atoms with Crippen molar-refractivity contribution in [3.05, 3.63) is 105 Å². The second-order valence-corrected chi connectivity index (χ2v) is 9.07. The largest absolute Gasteiger partial charge is 0.356 e. The third-order valence-electron chi connectivity index (χ3n) is 5.02. The molecule has 0 bridgehead atoms. The summed E-state index contributed by atoms with van der Waals surface area (Å²) in [6.45, 7) is 0.569. The normalized spacial score (nSPS) is 10.8. The number of carbonyl (C=O) groups is 2. The number of benzene rings is 2. The van der Waals surface area contributed by atoms with Gasteiger partial charge >= 0.3 is 0 Å². The Kier molecular flexibility index (Phi) is 7.42. The van der Waals surface area contributed by atoms with Crippen molar-refractivity contribution in [1.82, 2.24) is 10.3 Å². The first-order valence-electron chi connectivity index (χ1n) is 10.3. The molecule has 0 aliphatic carbocycles. The van der Waals surface area contributed by atoms with Crippen LogP contribution in [0.25, 0.3) is 0 Å². The fraction of sp³-hybridized carbons (Fsp3) is 0.160. The van der Waals surface area contributed by atoms with Gasteiger partial charge in [0.2, 0.25) is 5.91 Å². The molecule has 4 rings (SSSR count). The summed E-state index contributed by atoms with van der Waals surface area (Å²) < 4.78 is 0. The van der Waals surface area contributed by atoms with Crippen LogP contribution in [-0.4, -0.2) is 23.3 Å². The fourth-order valence-corrected chi connectivity index (χ4v) is 4.82. The summed E-state index contributed by atoms with van der Waals surface area (Å²) in [6.07, 6.45) is 0.992. The molecule has 0 fully saturated rings. The minimum absolute atomic E-state index is 0.0775. The Bertz CT molecular complexity index is 1100. The Hall–Kier alpha value is -3.29. The summed E-state index contributed by atoms with van der Waals surface area (Å²) in [4.78, 5) is 29.6. The topological polar surface area (TPSA) is 71.1 Å². The number of anilines is 1. The molecule has 0 aliphatic rings. The second-order valence-electron chi connectivity index (χ2n) is 7.26. The SMILES string of the molecule is O=C(Cc1csc(NC(=O)c2cccs2)n1)NCCC(c1ccccc1)c1ccccc1. The summed E-state index contributed by atoms with van der Waals surface area (Å²) >= 11 is 2.70. The lowest BCUT2D eigenvalue weighted by molar-refractivity contribution is -0.120. The minimum atomic E-state index is -0.182. The Morgan fingerprint density at radius 1 is 0.875 bits per heavy atom. The quantitative estimate of drug-likeness (QED) is 0.354. The van der Waals surface area contributed by atoms with Crippen LogP contribution in [0.3, 0.4) is 0 Å². The number of thiazole rings is 1. The number of nitrogens with zero attached hydrogens (tertiary/aromatic N) is 1. The first-order chi connectivity index (χ1) is 15.7. The lowest BCUT2D eigenvalue weighted by Crippen LogP contribution is -2.27. The van der Waals surface area contributed by atoms with Gasteiger partial charge < -0.3 is 5.32 Å². The molecule has 162 valence electrons. The summed E-state index contributed by atoms with van der Waals surface area (Å²) in [7, 11) is 0. The summed E-state index contributed by atoms with van der Waals surface area (Å²) in [6, 6.07) is 24.3. The van der Waals surface area contributed by atoms with Crippen molar-refractivity contribution in [3.8, 4) is 0 Å². The molecule has 2 heterocycles. The highest BCUT2D eigenvalue weighted by Gasteiger charge is 2.15. The molecule has 0 unspecified atom stereocenters. The maximum Gasteiger partial charge on any atom is 0.267 e. The zero-order valence-electron chi connectivity index (χ0n) is 17.4. The van der Waals surface area contributed by atoms with Crippen LogP contribution in [0, 0.1) is 0 Å². The van der Waals surface area contributed by atoms with Gasteiger partial charge in [0.15, 0.2) is 5.13 Å². The van der Waals surface area contributed by atoms with Gasteiger partial charge in [0.05, 0.1) is 17.0 Å². The van der Waals surface area contributed by atoms with E-state index >= 15 is 0 Å². The third-order valence-corrected chi connectivity index (χ3v) is 6.69. The number of amides is 2. The first kappa shape index (κ1) is 21.9. The van der Waals surface area contributed by atoms with Crippen LogP contribution in [-0.2, 0) is 11.2 Å². The van der Waals surface area contributed by atoms with Crippen LogP contribution >= 0.6 is 22.7 Å². The van der Waals surface area contributed by atoms with E-state index < -0.39 is 0 Å². The minimum Gasteiger partial charge on any atom is -0.356 e. The van der Waals surface area contributed by atoms with Crippen molar-refractivity contribution < 1.29 is 9.59 Å². The van der Waals surface area contributed by atoms with Crippen LogP contribution in [0.1, 0.15) is 38.8 Å². The molecular weight excluding hydrogens is 438 g/mol. The molecule has 2 N–H and O–H groups in total. The van der Waals surface area contributed by atoms with E-state index in [0.29, 0.717) is 22.2 Å². The predicted molar refractivity (Wildman–Crippen MR) is 130 cm³/mol. The molecule has 0 saturated carbocycles. The Morgan fingerprint density at radius 3 is 2.19 bits per heavy atom. The van der Waals surface area contributed by atoms with Gasteiger partial charge in [0.1, 0.15) is 0 Å². The van der Waals surface area contributed by atoms with Crippen LogP contribution in [0.15, 0.2) is 83.6 Å². The molecule has 0 spiro atoms. The molecule has 2 amide bonds. The maximum atomic E-state index is 12.5. The van der Waals surface area contributed by atoms with Gasteiger partial charge in [-0.05, 0) is 29.0 Å². The van der Waals surface area contributed by atoms with Crippen LogP contribution < -0.4 is 10.6 Å². The lowest BCUT2D eigenvalue weighted by Gasteiger charge is -2.18. The van der Waals surface area contributed by atoms with E-state index in [2.05, 4.69) is 39.9 Å². The second kappa shape index (κ2) is 10.8. The van der Waals surface area contributed by atoms with Gasteiger partial charge in [0, 0.05) is 17.8 Å². The van der Waals surface area contributed by atoms with E-state index in [1.54, 1.807) is 11.4 Å². The van der Waals surface area contributed by atoms with Crippen molar-refractivity contribution in [2.45, 2.75) is 18.8 Å². The molecule has 0 saturated heterocycles. The first-order valence-corrected chi connectivity index (χ1v) is 12.1. The summed E-state index contributed by atoms with van der Waals surface area (Å²) in [5.74, 6) is -0.0411. The Labute approximate surface area is 195 Å². The van der Waals surface area contributed by atoms with Gasteiger partial charge in [-0.15, -0.1) is 22.7 Å². The number of carbonyl (C=O) groups excluding carboxylic acids is 2. The number of nitrogens with one attached hydrogen (secondary N) is 2. The average molecular weight is 462 g/mol. The number of aromatic nitrogens is 1. The molecule has 2 aromatic heterocycles. The molecule has 0 aliphatic heterocycles. The molecule has 0 radical (unpaired) electrons. The highest BCUT2D eigenvalue weighted by Crippen LogP contribution is 2.27. The Morgan fingerprint density at radius 2 is 1.56 bits per heavy atom. The molecule has 7 heteroatoms. The number of thiophene rings is 1. The van der Waals surface area contributed by atoms with E-state index in [1.807, 2.05) is 47.8 Å². The van der Waals surface area contributed by atoms with Crippen LogP contribution in [0.2, 0.25) is 0 Å². The average Bonchev–Trinajstić information content (AvgIpc) is 3.50. The number of hydrogen-bond acceptors (Lipinski definition) is 5. The van der Waals surface area contributed by atoms with Gasteiger partial charge in [0.25, 0.3) is 5.91 Å². The predicted octanol–water partition coefficient (Wildman–Crippen LogP) is 5.34. The van der Waals surface area contributed by atoms with Crippen molar-refractivity contribution in [3.63, 3.8) is 0 Å². The standard InChI is InChI=1S/C25H23N3O2S2/c29-23(16-20-17-32-25(27-20)28-24(30)22-12-7-15-31-22)26-14-13-21(18-8-3-1-4-9-18)19-10-5-2-6-11-19/h1-12,15,17,21H,13-14,16H2,(H,26,29)(H,27,28,30). The van der Waals surface area contributed by atoms with Gasteiger partial charge in [-0.3, -0.25) is 14.9 Å². The van der Waals surface area contributed by atoms with Crippen LogP contribution in [0.4, 0.5) is 5.13 Å². The molecule has 0 atom stereocenters. The van der Waals surface area contributed by atoms with Gasteiger partial charge in [-0.2, -0.15) is 0 Å². The smallest absolute Gasteiger partial charge is 0.267 e. The van der Waals surface area contributed by atoms with Crippen molar-refractivity contribution >= 4 is 39.6 Å². The molecule has 4 aromatic rings. The highest BCUT2D eigenvalue weighted by molar-refractivity contribution is 7.14. The molecule has 5 nitrogen and oxygen atoms in total. The van der Waals surface area contributed by atoms with Crippen molar-refractivity contribution in [2.75, 3.05) is 11.9 Å². The van der Waals surface area contributed by atoms with Gasteiger partial charge in [-0.1, -0.05) is 66.7 Å². The fourth-order valence-electron chi connectivity index (χ4n) is 3.49. The van der Waals surface area contributed by atoms with E-state index in [9.17, 15) is 9.59 Å². The van der Waals surface area contributed by atoms with Crippen molar-refractivity contribution in [1.29, 1.82) is 0 Å². The number of rotatable bonds is 9. The lowest BCUT2D eigenvalue weighted by atomic mass is 9.88.